The Morgan fingerprint density at radius 2 is 2.29 bits per heavy atom. The molecule has 0 saturated heterocycles. The molecule has 1 unspecified atom stereocenters. The van der Waals surface area contributed by atoms with Crippen molar-refractivity contribution < 1.29 is 14.6 Å². The van der Waals surface area contributed by atoms with Gasteiger partial charge >= 0.3 is 0 Å². The lowest BCUT2D eigenvalue weighted by Crippen LogP contribution is -2.31. The van der Waals surface area contributed by atoms with E-state index < -0.39 is 5.91 Å². The third-order valence-corrected chi connectivity index (χ3v) is 2.55. The molecule has 0 radical (unpaired) electrons. The van der Waals surface area contributed by atoms with Gasteiger partial charge in [0.05, 0.1) is 17.5 Å². The fraction of sp³-hybridized carbons (Fsp3) is 0.364. The number of phenolic OH excluding ortho intramolecular Hbond substituents is 1. The molecule has 94 valence electrons. The molecule has 6 heteroatoms. The maximum atomic E-state index is 11.7. The number of hydrogen-bond donors (Lipinski definition) is 2. The van der Waals surface area contributed by atoms with Crippen LogP contribution in [0.3, 0.4) is 0 Å². The van der Waals surface area contributed by atoms with E-state index >= 15 is 0 Å². The summed E-state index contributed by atoms with van der Waals surface area (Å²) >= 11 is 11.6. The SMILES string of the molecule is COCC(Cl)CNC(=O)c1cc(Cl)ccc1O. The first kappa shape index (κ1) is 14.1. The number of halogens is 2. The molecule has 0 aromatic heterocycles. The molecule has 1 atom stereocenters. The van der Waals surface area contributed by atoms with E-state index in [-0.39, 0.29) is 23.2 Å². The van der Waals surface area contributed by atoms with Crippen LogP contribution in [0.25, 0.3) is 0 Å². The van der Waals surface area contributed by atoms with Gasteiger partial charge in [-0.1, -0.05) is 11.6 Å². The van der Waals surface area contributed by atoms with E-state index in [0.717, 1.165) is 0 Å². The molecule has 0 spiro atoms. The van der Waals surface area contributed by atoms with Crippen molar-refractivity contribution in [3.63, 3.8) is 0 Å². The molecule has 1 aromatic carbocycles. The minimum absolute atomic E-state index is 0.121. The molecule has 0 heterocycles. The molecule has 0 aliphatic carbocycles. The average molecular weight is 278 g/mol. The summed E-state index contributed by atoms with van der Waals surface area (Å²) in [6.45, 7) is 0.587. The van der Waals surface area contributed by atoms with E-state index in [9.17, 15) is 9.90 Å². The highest BCUT2D eigenvalue weighted by atomic mass is 35.5. The Labute approximate surface area is 109 Å². The summed E-state index contributed by atoms with van der Waals surface area (Å²) in [4.78, 5) is 11.7. The molecule has 0 aliphatic rings. The summed E-state index contributed by atoms with van der Waals surface area (Å²) in [7, 11) is 1.53. The Morgan fingerprint density at radius 3 is 2.94 bits per heavy atom. The molecule has 0 bridgehead atoms. The smallest absolute Gasteiger partial charge is 0.255 e. The average Bonchev–Trinajstić information content (AvgIpc) is 2.29. The molecule has 1 rings (SSSR count). The molecule has 17 heavy (non-hydrogen) atoms. The minimum Gasteiger partial charge on any atom is -0.507 e. The number of hydrogen-bond acceptors (Lipinski definition) is 3. The van der Waals surface area contributed by atoms with Crippen molar-refractivity contribution in [2.75, 3.05) is 20.3 Å². The number of ether oxygens (including phenoxy) is 1. The number of nitrogens with one attached hydrogen (secondary N) is 1. The van der Waals surface area contributed by atoms with Crippen molar-refractivity contribution in [1.29, 1.82) is 0 Å². The van der Waals surface area contributed by atoms with Crippen LogP contribution < -0.4 is 5.32 Å². The lowest BCUT2D eigenvalue weighted by molar-refractivity contribution is 0.0946. The maximum Gasteiger partial charge on any atom is 0.255 e. The van der Waals surface area contributed by atoms with Gasteiger partial charge in [-0.05, 0) is 18.2 Å². The van der Waals surface area contributed by atoms with Crippen molar-refractivity contribution in [3.05, 3.63) is 28.8 Å². The summed E-state index contributed by atoms with van der Waals surface area (Å²) in [5.74, 6) is -0.545. The number of benzene rings is 1. The normalized spacial score (nSPS) is 12.2. The molecule has 0 aliphatic heterocycles. The van der Waals surface area contributed by atoms with E-state index in [1.54, 1.807) is 0 Å². The molecule has 0 saturated carbocycles. The highest BCUT2D eigenvalue weighted by molar-refractivity contribution is 6.31. The Hall–Kier alpha value is -0.970. The molecule has 1 aromatic rings. The zero-order chi connectivity index (χ0) is 12.8. The second kappa shape index (κ2) is 6.69. The van der Waals surface area contributed by atoms with Crippen molar-refractivity contribution in [2.24, 2.45) is 0 Å². The molecular formula is C11H13Cl2NO3. The monoisotopic (exact) mass is 277 g/mol. The molecule has 2 N–H and O–H groups in total. The summed E-state index contributed by atoms with van der Waals surface area (Å²) in [6, 6.07) is 4.26. The number of phenols is 1. The van der Waals surface area contributed by atoms with E-state index in [0.29, 0.717) is 11.6 Å². The second-order valence-corrected chi connectivity index (χ2v) is 4.48. The van der Waals surface area contributed by atoms with Crippen molar-refractivity contribution in [1.82, 2.24) is 5.32 Å². The lowest BCUT2D eigenvalue weighted by atomic mass is 10.2. The van der Waals surface area contributed by atoms with Gasteiger partial charge in [0, 0.05) is 18.7 Å². The van der Waals surface area contributed by atoms with Gasteiger partial charge in [-0.25, -0.2) is 0 Å². The van der Waals surface area contributed by atoms with Gasteiger partial charge in [-0.2, -0.15) is 0 Å². The Kier molecular flexibility index (Phi) is 5.55. The minimum atomic E-state index is -0.424. The first-order valence-corrected chi connectivity index (χ1v) is 5.75. The van der Waals surface area contributed by atoms with Crippen molar-refractivity contribution in [2.45, 2.75) is 5.38 Å². The fourth-order valence-corrected chi connectivity index (χ4v) is 1.60. The number of carbonyl (C=O) groups is 1. The quantitative estimate of drug-likeness (QED) is 0.810. The standard InChI is InChI=1S/C11H13Cl2NO3/c1-17-6-8(13)5-14-11(16)9-4-7(12)2-3-10(9)15/h2-4,8,15H,5-6H2,1H3,(H,14,16). The van der Waals surface area contributed by atoms with E-state index in [1.807, 2.05) is 0 Å². The van der Waals surface area contributed by atoms with Crippen LogP contribution in [-0.2, 0) is 4.74 Å². The maximum absolute atomic E-state index is 11.7. The lowest BCUT2D eigenvalue weighted by Gasteiger charge is -2.10. The highest BCUT2D eigenvalue weighted by Crippen LogP contribution is 2.21. The van der Waals surface area contributed by atoms with Crippen LogP contribution in [0.15, 0.2) is 18.2 Å². The third-order valence-electron chi connectivity index (χ3n) is 2.03. The van der Waals surface area contributed by atoms with Gasteiger partial charge in [0.2, 0.25) is 0 Å². The number of amides is 1. The Bertz CT molecular complexity index is 398. The van der Waals surface area contributed by atoms with Gasteiger partial charge in [0.1, 0.15) is 5.75 Å². The van der Waals surface area contributed by atoms with Crippen LogP contribution >= 0.6 is 23.2 Å². The third kappa shape index (κ3) is 4.42. The first-order chi connectivity index (χ1) is 8.04. The number of alkyl halides is 1. The zero-order valence-corrected chi connectivity index (χ0v) is 10.8. The summed E-state index contributed by atoms with van der Waals surface area (Å²) < 4.78 is 4.83. The fourth-order valence-electron chi connectivity index (χ4n) is 1.23. The number of carbonyl (C=O) groups excluding carboxylic acids is 1. The molecule has 0 fully saturated rings. The molecule has 1 amide bonds. The zero-order valence-electron chi connectivity index (χ0n) is 9.24. The molecule has 4 nitrogen and oxygen atoms in total. The summed E-state index contributed by atoms with van der Waals surface area (Å²) in [5, 5.41) is 12.1. The van der Waals surface area contributed by atoms with Crippen LogP contribution in [-0.4, -0.2) is 36.7 Å². The summed E-state index contributed by atoms with van der Waals surface area (Å²) in [6.07, 6.45) is 0. The number of aromatic hydroxyl groups is 1. The van der Waals surface area contributed by atoms with Crippen LogP contribution in [0.4, 0.5) is 0 Å². The van der Waals surface area contributed by atoms with Crippen molar-refractivity contribution >= 4 is 29.1 Å². The van der Waals surface area contributed by atoms with E-state index in [1.165, 1.54) is 25.3 Å². The molecular weight excluding hydrogens is 265 g/mol. The highest BCUT2D eigenvalue weighted by Gasteiger charge is 2.13. The van der Waals surface area contributed by atoms with Gasteiger partial charge in [0.25, 0.3) is 5.91 Å². The first-order valence-electron chi connectivity index (χ1n) is 4.94. The van der Waals surface area contributed by atoms with Crippen molar-refractivity contribution in [3.8, 4) is 5.75 Å². The second-order valence-electron chi connectivity index (χ2n) is 3.42. The van der Waals surface area contributed by atoms with Gasteiger partial charge in [0.15, 0.2) is 0 Å². The Balaban J connectivity index is 2.61. The van der Waals surface area contributed by atoms with E-state index in [2.05, 4.69) is 5.32 Å². The predicted molar refractivity (Wildman–Crippen MR) is 67.0 cm³/mol. The van der Waals surface area contributed by atoms with E-state index in [4.69, 9.17) is 27.9 Å². The van der Waals surface area contributed by atoms with Crippen LogP contribution in [0.2, 0.25) is 5.02 Å². The number of methoxy groups -OCH3 is 1. The number of rotatable bonds is 5. The predicted octanol–water partition coefficient (Wildman–Crippen LogP) is 2.03. The van der Waals surface area contributed by atoms with Crippen LogP contribution in [0.5, 0.6) is 5.75 Å². The summed E-state index contributed by atoms with van der Waals surface area (Å²) in [5.41, 5.74) is 0.124. The van der Waals surface area contributed by atoms with Gasteiger partial charge in [-0.3, -0.25) is 4.79 Å². The van der Waals surface area contributed by atoms with Crippen LogP contribution in [0, 0.1) is 0 Å². The van der Waals surface area contributed by atoms with Crippen LogP contribution in [0.1, 0.15) is 10.4 Å². The van der Waals surface area contributed by atoms with Gasteiger partial charge in [-0.15, -0.1) is 11.6 Å². The Morgan fingerprint density at radius 1 is 1.59 bits per heavy atom. The van der Waals surface area contributed by atoms with Gasteiger partial charge < -0.3 is 15.2 Å². The topological polar surface area (TPSA) is 58.6 Å². The largest absolute Gasteiger partial charge is 0.507 e.